The van der Waals surface area contributed by atoms with E-state index < -0.39 is 0 Å². The Labute approximate surface area is 136 Å². The van der Waals surface area contributed by atoms with E-state index in [2.05, 4.69) is 17.1 Å². The molecule has 0 atom stereocenters. The van der Waals surface area contributed by atoms with Gasteiger partial charge in [0.2, 0.25) is 0 Å². The summed E-state index contributed by atoms with van der Waals surface area (Å²) in [7, 11) is 1.81. The number of hydrogen-bond acceptors (Lipinski definition) is 2. The third-order valence-electron chi connectivity index (χ3n) is 3.73. The number of carbonyl (C=O) groups is 1. The lowest BCUT2D eigenvalue weighted by Gasteiger charge is -2.17. The highest BCUT2D eigenvalue weighted by atomic mass is 16.2. The highest BCUT2D eigenvalue weighted by Gasteiger charge is 2.12. The number of hydrogen-bond donors (Lipinski definition) is 0. The topological polar surface area (TPSA) is 33.2 Å². The van der Waals surface area contributed by atoms with Crippen molar-refractivity contribution in [2.75, 3.05) is 7.05 Å². The Hall–Kier alpha value is -2.94. The number of aromatic nitrogens is 1. The lowest BCUT2D eigenvalue weighted by Crippen LogP contribution is -2.26. The molecule has 0 saturated carbocycles. The van der Waals surface area contributed by atoms with Crippen molar-refractivity contribution in [3.8, 4) is 11.1 Å². The van der Waals surface area contributed by atoms with E-state index >= 15 is 0 Å². The van der Waals surface area contributed by atoms with Gasteiger partial charge in [-0.15, -0.1) is 0 Å². The fourth-order valence-corrected chi connectivity index (χ4v) is 2.49. The average molecular weight is 302 g/mol. The summed E-state index contributed by atoms with van der Waals surface area (Å²) in [6.45, 7) is 0.549. The smallest absolute Gasteiger partial charge is 0.253 e. The number of carbonyl (C=O) groups excluding carboxylic acids is 1. The number of pyridine rings is 1. The van der Waals surface area contributed by atoms with Gasteiger partial charge >= 0.3 is 0 Å². The van der Waals surface area contributed by atoms with E-state index in [9.17, 15) is 4.79 Å². The first-order valence-electron chi connectivity index (χ1n) is 7.54. The maximum atomic E-state index is 12.5. The summed E-state index contributed by atoms with van der Waals surface area (Å²) in [5, 5.41) is 0. The zero-order chi connectivity index (χ0) is 16.1. The van der Waals surface area contributed by atoms with Crippen LogP contribution in [0.3, 0.4) is 0 Å². The van der Waals surface area contributed by atoms with Gasteiger partial charge in [-0.1, -0.05) is 48.5 Å². The molecule has 1 heterocycles. The Morgan fingerprint density at radius 2 is 1.61 bits per heavy atom. The Morgan fingerprint density at radius 3 is 2.26 bits per heavy atom. The van der Waals surface area contributed by atoms with Gasteiger partial charge in [-0.2, -0.15) is 0 Å². The molecule has 0 spiro atoms. The van der Waals surface area contributed by atoms with Crippen LogP contribution in [0.5, 0.6) is 0 Å². The average Bonchev–Trinajstić information content (AvgIpc) is 2.63. The summed E-state index contributed by atoms with van der Waals surface area (Å²) in [5.74, 6) is 0.00784. The lowest BCUT2D eigenvalue weighted by atomic mass is 10.0. The molecule has 0 bridgehead atoms. The molecule has 1 aromatic heterocycles. The van der Waals surface area contributed by atoms with Crippen LogP contribution < -0.4 is 0 Å². The molecule has 0 fully saturated rings. The van der Waals surface area contributed by atoms with E-state index in [0.717, 1.165) is 16.7 Å². The second-order valence-corrected chi connectivity index (χ2v) is 5.47. The first kappa shape index (κ1) is 15.0. The number of nitrogens with zero attached hydrogens (tertiary/aromatic N) is 2. The zero-order valence-corrected chi connectivity index (χ0v) is 13.0. The molecule has 0 unspecified atom stereocenters. The van der Waals surface area contributed by atoms with Crippen molar-refractivity contribution in [2.24, 2.45) is 0 Å². The summed E-state index contributed by atoms with van der Waals surface area (Å²) in [4.78, 5) is 18.3. The largest absolute Gasteiger partial charge is 0.337 e. The Bertz CT molecular complexity index is 768. The van der Waals surface area contributed by atoms with Crippen LogP contribution in [0.15, 0.2) is 79.1 Å². The van der Waals surface area contributed by atoms with Crippen molar-refractivity contribution in [3.63, 3.8) is 0 Å². The van der Waals surface area contributed by atoms with Crippen LogP contribution >= 0.6 is 0 Å². The van der Waals surface area contributed by atoms with Crippen LogP contribution in [-0.4, -0.2) is 22.8 Å². The number of rotatable bonds is 4. The molecule has 0 saturated heterocycles. The predicted molar refractivity (Wildman–Crippen MR) is 91.9 cm³/mol. The van der Waals surface area contributed by atoms with E-state index in [4.69, 9.17) is 0 Å². The van der Waals surface area contributed by atoms with E-state index in [1.54, 1.807) is 24.3 Å². The van der Waals surface area contributed by atoms with E-state index in [0.29, 0.717) is 12.1 Å². The number of benzene rings is 2. The van der Waals surface area contributed by atoms with E-state index in [1.165, 1.54) is 0 Å². The molecular formula is C20H18N2O. The van der Waals surface area contributed by atoms with Crippen molar-refractivity contribution >= 4 is 5.91 Å². The predicted octanol–water partition coefficient (Wildman–Crippen LogP) is 4.02. The third-order valence-corrected chi connectivity index (χ3v) is 3.73. The quantitative estimate of drug-likeness (QED) is 0.729. The van der Waals surface area contributed by atoms with Gasteiger partial charge in [0.1, 0.15) is 0 Å². The van der Waals surface area contributed by atoms with Gasteiger partial charge in [0.25, 0.3) is 5.91 Å². The molecule has 0 aliphatic heterocycles. The van der Waals surface area contributed by atoms with Gasteiger partial charge in [-0.3, -0.25) is 9.78 Å². The van der Waals surface area contributed by atoms with E-state index in [-0.39, 0.29) is 5.91 Å². The van der Waals surface area contributed by atoms with Gasteiger partial charge in [-0.05, 0) is 34.9 Å². The van der Waals surface area contributed by atoms with Crippen molar-refractivity contribution in [1.29, 1.82) is 0 Å². The Kier molecular flexibility index (Phi) is 4.48. The summed E-state index contributed by atoms with van der Waals surface area (Å²) < 4.78 is 0. The van der Waals surface area contributed by atoms with Crippen LogP contribution in [0.1, 0.15) is 15.9 Å². The second kappa shape index (κ2) is 6.88. The summed E-state index contributed by atoms with van der Waals surface area (Å²) in [5.41, 5.74) is 3.97. The molecule has 114 valence electrons. The Morgan fingerprint density at radius 1 is 0.913 bits per heavy atom. The van der Waals surface area contributed by atoms with Gasteiger partial charge in [0.05, 0.1) is 0 Å². The lowest BCUT2D eigenvalue weighted by molar-refractivity contribution is 0.0785. The summed E-state index contributed by atoms with van der Waals surface area (Å²) in [6.07, 6.45) is 3.51. The Balaban J connectivity index is 1.72. The zero-order valence-electron chi connectivity index (χ0n) is 13.0. The van der Waals surface area contributed by atoms with Crippen LogP contribution in [0.4, 0.5) is 0 Å². The number of amides is 1. The first-order valence-corrected chi connectivity index (χ1v) is 7.54. The first-order chi connectivity index (χ1) is 11.2. The molecule has 0 N–H and O–H groups in total. The molecule has 0 radical (unpaired) electrons. The molecule has 3 heteroatoms. The molecular weight excluding hydrogens is 284 g/mol. The second-order valence-electron chi connectivity index (χ2n) is 5.47. The summed E-state index contributed by atoms with van der Waals surface area (Å²) in [6, 6.07) is 21.7. The van der Waals surface area contributed by atoms with Crippen molar-refractivity contribution in [2.45, 2.75) is 6.54 Å². The molecule has 23 heavy (non-hydrogen) atoms. The maximum absolute atomic E-state index is 12.5. The molecule has 3 nitrogen and oxygen atoms in total. The van der Waals surface area contributed by atoms with E-state index in [1.807, 2.05) is 54.6 Å². The van der Waals surface area contributed by atoms with Crippen LogP contribution in [0.2, 0.25) is 0 Å². The van der Waals surface area contributed by atoms with Crippen LogP contribution in [0.25, 0.3) is 11.1 Å². The van der Waals surface area contributed by atoms with Gasteiger partial charge in [-0.25, -0.2) is 0 Å². The minimum atomic E-state index is 0.00784. The normalized spacial score (nSPS) is 10.3. The van der Waals surface area contributed by atoms with Crippen LogP contribution in [-0.2, 0) is 6.54 Å². The minimum Gasteiger partial charge on any atom is -0.337 e. The standard InChI is InChI=1S/C20H18N2O/c1-22(15-16-6-5-13-21-14-16)20(23)19-11-9-18(10-12-19)17-7-3-2-4-8-17/h2-14H,15H2,1H3. The summed E-state index contributed by atoms with van der Waals surface area (Å²) >= 11 is 0. The van der Waals surface area contributed by atoms with Crippen molar-refractivity contribution < 1.29 is 4.79 Å². The van der Waals surface area contributed by atoms with Crippen LogP contribution in [0, 0.1) is 0 Å². The fraction of sp³-hybridized carbons (Fsp3) is 0.100. The van der Waals surface area contributed by atoms with Gasteiger partial charge in [0, 0.05) is 31.5 Å². The molecule has 3 aromatic rings. The van der Waals surface area contributed by atoms with Crippen molar-refractivity contribution in [1.82, 2.24) is 9.88 Å². The fourth-order valence-electron chi connectivity index (χ4n) is 2.49. The molecule has 0 aliphatic rings. The van der Waals surface area contributed by atoms with Gasteiger partial charge in [0.15, 0.2) is 0 Å². The molecule has 2 aromatic carbocycles. The SMILES string of the molecule is CN(Cc1cccnc1)C(=O)c1ccc(-c2ccccc2)cc1. The molecule has 0 aliphatic carbocycles. The molecule has 1 amide bonds. The van der Waals surface area contributed by atoms with Crippen molar-refractivity contribution in [3.05, 3.63) is 90.3 Å². The maximum Gasteiger partial charge on any atom is 0.253 e. The minimum absolute atomic E-state index is 0.00784. The monoisotopic (exact) mass is 302 g/mol. The highest BCUT2D eigenvalue weighted by Crippen LogP contribution is 2.19. The highest BCUT2D eigenvalue weighted by molar-refractivity contribution is 5.94. The third kappa shape index (κ3) is 3.64. The molecule has 3 rings (SSSR count). The van der Waals surface area contributed by atoms with Gasteiger partial charge < -0.3 is 4.90 Å².